The number of carbonyl (C=O) groups excluding carboxylic acids is 2. The van der Waals surface area contributed by atoms with Gasteiger partial charge in [0, 0.05) is 17.9 Å². The summed E-state index contributed by atoms with van der Waals surface area (Å²) >= 11 is 1.53. The molecule has 2 heterocycles. The molecule has 1 saturated heterocycles. The number of hydrogen-bond acceptors (Lipinski definition) is 8. The molecule has 0 aromatic heterocycles. The van der Waals surface area contributed by atoms with Crippen LogP contribution >= 0.6 is 11.8 Å². The van der Waals surface area contributed by atoms with Crippen molar-refractivity contribution in [2.75, 3.05) is 18.9 Å². The van der Waals surface area contributed by atoms with Crippen LogP contribution in [0.3, 0.4) is 0 Å². The number of benzene rings is 1. The Bertz CT molecular complexity index is 862. The van der Waals surface area contributed by atoms with Crippen LogP contribution in [0.4, 0.5) is 0 Å². The highest BCUT2D eigenvalue weighted by Gasteiger charge is 2.46. The van der Waals surface area contributed by atoms with Gasteiger partial charge < -0.3 is 30.9 Å². The van der Waals surface area contributed by atoms with Gasteiger partial charge in [0.25, 0.3) is 6.47 Å². The van der Waals surface area contributed by atoms with Gasteiger partial charge in [-0.05, 0) is 12.0 Å². The van der Waals surface area contributed by atoms with Gasteiger partial charge in [-0.1, -0.05) is 37.3 Å². The van der Waals surface area contributed by atoms with Gasteiger partial charge in [-0.15, -0.1) is 11.8 Å². The summed E-state index contributed by atoms with van der Waals surface area (Å²) in [7, 11) is 0. The summed E-state index contributed by atoms with van der Waals surface area (Å²) in [5, 5.41) is 19.4. The SMILES string of the molecule is CCC(N)C(=O)OCC1=C(C(=O)O)N2CC(NC(=O)Cc3ccccc3)C2SC1.O=CO. The number of carboxylic acids is 1. The normalized spacial score (nSPS) is 20.0. The van der Waals surface area contributed by atoms with Gasteiger partial charge >= 0.3 is 11.9 Å². The van der Waals surface area contributed by atoms with Crippen molar-refractivity contribution in [3.63, 3.8) is 0 Å². The van der Waals surface area contributed by atoms with Gasteiger partial charge in [-0.25, -0.2) is 4.79 Å². The van der Waals surface area contributed by atoms with Crippen molar-refractivity contribution in [1.29, 1.82) is 0 Å². The Balaban J connectivity index is 0.00000114. The molecule has 3 unspecified atom stereocenters. The standard InChI is InChI=1S/C20H25N3O5S.CH2O2/c1-2-14(21)20(27)28-10-13-11-29-18-15(9-23(18)17(13)19(25)26)22-16(24)8-12-6-4-3-5-7-12;2-1-3/h3-7,14-15,18H,2,8-11,21H2,1H3,(H,22,24)(H,25,26);1H,(H,2,3). The van der Waals surface area contributed by atoms with E-state index in [1.807, 2.05) is 30.3 Å². The summed E-state index contributed by atoms with van der Waals surface area (Å²) in [6.07, 6.45) is 0.742. The van der Waals surface area contributed by atoms with Crippen LogP contribution in [0.15, 0.2) is 41.6 Å². The lowest BCUT2D eigenvalue weighted by molar-refractivity contribution is -0.145. The van der Waals surface area contributed by atoms with Gasteiger partial charge in [0.05, 0.1) is 17.8 Å². The second-order valence-corrected chi connectivity index (χ2v) is 8.28. The molecule has 1 amide bonds. The van der Waals surface area contributed by atoms with E-state index in [1.54, 1.807) is 11.8 Å². The number of nitrogens with two attached hydrogens (primary N) is 1. The van der Waals surface area contributed by atoms with Crippen LogP contribution in [0.25, 0.3) is 0 Å². The molecule has 2 aliphatic heterocycles. The molecule has 0 aliphatic carbocycles. The van der Waals surface area contributed by atoms with Crippen LogP contribution in [0.1, 0.15) is 18.9 Å². The molecule has 10 nitrogen and oxygen atoms in total. The predicted octanol–water partition coefficient (Wildman–Crippen LogP) is 0.422. The zero-order chi connectivity index (χ0) is 23.7. The van der Waals surface area contributed by atoms with E-state index < -0.39 is 18.0 Å². The van der Waals surface area contributed by atoms with E-state index in [9.17, 15) is 19.5 Å². The third-order valence-corrected chi connectivity index (χ3v) is 6.42. The summed E-state index contributed by atoms with van der Waals surface area (Å²) < 4.78 is 5.19. The monoisotopic (exact) mass is 465 g/mol. The molecular formula is C21H27N3O7S. The first kappa shape index (κ1) is 25.2. The Kier molecular flexibility index (Phi) is 9.54. The number of carbonyl (C=O) groups is 4. The number of nitrogens with zero attached hydrogens (tertiary/aromatic N) is 1. The van der Waals surface area contributed by atoms with Crippen LogP contribution < -0.4 is 11.1 Å². The quantitative estimate of drug-likeness (QED) is 0.313. The summed E-state index contributed by atoms with van der Waals surface area (Å²) in [6.45, 7) is 1.85. The van der Waals surface area contributed by atoms with Crippen molar-refractivity contribution < 1.29 is 34.1 Å². The van der Waals surface area contributed by atoms with Crippen molar-refractivity contribution in [3.8, 4) is 0 Å². The van der Waals surface area contributed by atoms with Gasteiger partial charge in [0.1, 0.15) is 18.3 Å². The van der Waals surface area contributed by atoms with Gasteiger partial charge in [0.15, 0.2) is 0 Å². The average Bonchev–Trinajstić information content (AvgIpc) is 2.76. The van der Waals surface area contributed by atoms with E-state index in [-0.39, 0.29) is 42.5 Å². The Morgan fingerprint density at radius 1 is 1.34 bits per heavy atom. The van der Waals surface area contributed by atoms with Crippen LogP contribution in [-0.2, 0) is 30.3 Å². The van der Waals surface area contributed by atoms with Crippen LogP contribution in [-0.4, -0.2) is 75.8 Å². The predicted molar refractivity (Wildman–Crippen MR) is 118 cm³/mol. The van der Waals surface area contributed by atoms with Crippen LogP contribution in [0.5, 0.6) is 0 Å². The Labute approximate surface area is 189 Å². The fourth-order valence-electron chi connectivity index (χ4n) is 3.34. The first-order valence-electron chi connectivity index (χ1n) is 9.99. The molecule has 0 bridgehead atoms. The fraction of sp³-hybridized carbons (Fsp3) is 0.429. The van der Waals surface area contributed by atoms with E-state index >= 15 is 0 Å². The number of nitrogens with one attached hydrogen (secondary N) is 1. The van der Waals surface area contributed by atoms with Crippen LogP contribution in [0, 0.1) is 0 Å². The van der Waals surface area contributed by atoms with Gasteiger partial charge in [0.2, 0.25) is 5.91 Å². The molecule has 0 saturated carbocycles. The van der Waals surface area contributed by atoms with E-state index in [4.69, 9.17) is 20.4 Å². The number of carboxylic acid groups (broad SMARTS) is 2. The molecule has 0 spiro atoms. The fourth-order valence-corrected chi connectivity index (χ4v) is 4.69. The number of aliphatic carboxylic acids is 1. The molecule has 32 heavy (non-hydrogen) atoms. The number of esters is 1. The molecule has 1 fully saturated rings. The van der Waals surface area contributed by atoms with Gasteiger partial charge in [-0.2, -0.15) is 0 Å². The van der Waals surface area contributed by atoms with Crippen molar-refractivity contribution in [2.24, 2.45) is 5.73 Å². The molecule has 1 aromatic carbocycles. The molecule has 3 atom stereocenters. The smallest absolute Gasteiger partial charge is 0.352 e. The van der Waals surface area contributed by atoms with E-state index in [0.717, 1.165) is 5.56 Å². The topological polar surface area (TPSA) is 159 Å². The van der Waals surface area contributed by atoms with E-state index in [2.05, 4.69) is 5.32 Å². The maximum atomic E-state index is 12.3. The van der Waals surface area contributed by atoms with E-state index in [0.29, 0.717) is 24.3 Å². The highest BCUT2D eigenvalue weighted by atomic mass is 32.2. The molecule has 174 valence electrons. The molecule has 0 radical (unpaired) electrons. The maximum absolute atomic E-state index is 12.3. The summed E-state index contributed by atoms with van der Waals surface area (Å²) in [5.41, 5.74) is 7.27. The lowest BCUT2D eigenvalue weighted by Crippen LogP contribution is -2.66. The lowest BCUT2D eigenvalue weighted by Gasteiger charge is -2.52. The molecule has 1 aromatic rings. The zero-order valence-corrected chi connectivity index (χ0v) is 18.4. The summed E-state index contributed by atoms with van der Waals surface area (Å²) in [6, 6.07) is 8.63. The number of ether oxygens (including phenoxy) is 1. The minimum Gasteiger partial charge on any atom is -0.483 e. The van der Waals surface area contributed by atoms with Gasteiger partial charge in [-0.3, -0.25) is 14.4 Å². The second kappa shape index (κ2) is 12.1. The number of amides is 1. The third-order valence-electron chi connectivity index (χ3n) is 4.98. The van der Waals surface area contributed by atoms with E-state index in [1.165, 1.54) is 11.8 Å². The number of rotatable bonds is 8. The highest BCUT2D eigenvalue weighted by molar-refractivity contribution is 8.00. The highest BCUT2D eigenvalue weighted by Crippen LogP contribution is 2.39. The van der Waals surface area contributed by atoms with Crippen molar-refractivity contribution in [2.45, 2.75) is 37.2 Å². The Morgan fingerprint density at radius 2 is 2.00 bits per heavy atom. The lowest BCUT2D eigenvalue weighted by atomic mass is 10.0. The summed E-state index contributed by atoms with van der Waals surface area (Å²) in [5.74, 6) is -1.26. The number of thioether (sulfide) groups is 1. The number of hydrogen-bond donors (Lipinski definition) is 4. The Morgan fingerprint density at radius 3 is 2.59 bits per heavy atom. The molecule has 5 N–H and O–H groups in total. The first-order chi connectivity index (χ1) is 15.3. The maximum Gasteiger partial charge on any atom is 0.352 e. The van der Waals surface area contributed by atoms with Crippen LogP contribution in [0.2, 0.25) is 0 Å². The molecule has 11 heteroatoms. The van der Waals surface area contributed by atoms with Crippen molar-refractivity contribution in [1.82, 2.24) is 10.2 Å². The molecule has 3 rings (SSSR count). The number of fused-ring (bicyclic) bond motifs is 1. The first-order valence-corrected chi connectivity index (χ1v) is 11.0. The Hall–Kier alpha value is -3.05. The summed E-state index contributed by atoms with van der Waals surface area (Å²) in [4.78, 5) is 46.0. The second-order valence-electron chi connectivity index (χ2n) is 7.18. The minimum absolute atomic E-state index is 0.0874. The third kappa shape index (κ3) is 6.47. The zero-order valence-electron chi connectivity index (χ0n) is 17.6. The minimum atomic E-state index is -1.06. The van der Waals surface area contributed by atoms with Crippen molar-refractivity contribution in [3.05, 3.63) is 47.2 Å². The molecular weight excluding hydrogens is 438 g/mol. The van der Waals surface area contributed by atoms with Crippen molar-refractivity contribution >= 4 is 36.1 Å². The largest absolute Gasteiger partial charge is 0.483 e. The molecule has 2 aliphatic rings. The average molecular weight is 466 g/mol.